The Labute approximate surface area is 99.6 Å². The van der Waals surface area contributed by atoms with Crippen LogP contribution in [0.5, 0.6) is 0 Å². The van der Waals surface area contributed by atoms with Gasteiger partial charge in [0.2, 0.25) is 0 Å². The average molecular weight is 238 g/mol. The highest BCUT2D eigenvalue weighted by Gasteiger charge is 2.10. The molecule has 17 heavy (non-hydrogen) atoms. The number of halogens is 1. The van der Waals surface area contributed by atoms with Crippen LogP contribution in [0.25, 0.3) is 0 Å². The van der Waals surface area contributed by atoms with Crippen LogP contribution in [-0.2, 0) is 20.7 Å². The van der Waals surface area contributed by atoms with E-state index in [4.69, 9.17) is 0 Å². The number of benzene rings is 1. The van der Waals surface area contributed by atoms with Crippen LogP contribution >= 0.6 is 0 Å². The second-order valence-corrected chi connectivity index (χ2v) is 3.65. The van der Waals surface area contributed by atoms with E-state index in [1.54, 1.807) is 19.1 Å². The molecule has 0 spiro atoms. The Hall–Kier alpha value is -1.71. The summed E-state index contributed by atoms with van der Waals surface area (Å²) in [7, 11) is 0. The quantitative estimate of drug-likeness (QED) is 0.564. The predicted octanol–water partition coefficient (Wildman–Crippen LogP) is 2.28. The van der Waals surface area contributed by atoms with Gasteiger partial charge in [-0.1, -0.05) is 12.1 Å². The van der Waals surface area contributed by atoms with E-state index < -0.39 is 5.97 Å². The normalized spacial score (nSPS) is 10.0. The van der Waals surface area contributed by atoms with Crippen LogP contribution in [0.2, 0.25) is 0 Å². The van der Waals surface area contributed by atoms with Crippen molar-refractivity contribution in [1.29, 1.82) is 0 Å². The molecule has 0 aliphatic heterocycles. The highest BCUT2D eigenvalue weighted by Crippen LogP contribution is 2.07. The number of carbonyl (C=O) groups excluding carboxylic acids is 2. The van der Waals surface area contributed by atoms with E-state index in [9.17, 15) is 14.0 Å². The molecule has 0 aromatic heterocycles. The molecule has 0 atom stereocenters. The van der Waals surface area contributed by atoms with Gasteiger partial charge in [0, 0.05) is 6.42 Å². The van der Waals surface area contributed by atoms with Crippen molar-refractivity contribution in [3.05, 3.63) is 35.6 Å². The van der Waals surface area contributed by atoms with Gasteiger partial charge in [0.05, 0.1) is 6.61 Å². The summed E-state index contributed by atoms with van der Waals surface area (Å²) in [5.74, 6) is -1.01. The third-order valence-electron chi connectivity index (χ3n) is 2.23. The Balaban J connectivity index is 2.35. The molecule has 92 valence electrons. The Morgan fingerprint density at radius 2 is 2.12 bits per heavy atom. The van der Waals surface area contributed by atoms with Crippen LogP contribution in [0.4, 0.5) is 4.39 Å². The molecule has 0 unspecified atom stereocenters. The summed E-state index contributed by atoms with van der Waals surface area (Å²) in [6, 6.07) is 6.09. The smallest absolute Gasteiger partial charge is 0.313 e. The Morgan fingerprint density at radius 1 is 1.35 bits per heavy atom. The first kappa shape index (κ1) is 13.4. The zero-order valence-electron chi connectivity index (χ0n) is 9.74. The number of ether oxygens (including phenoxy) is 1. The number of hydrogen-bond donors (Lipinski definition) is 0. The Bertz CT molecular complexity index is 401. The van der Waals surface area contributed by atoms with Crippen LogP contribution in [0.15, 0.2) is 24.3 Å². The fourth-order valence-corrected chi connectivity index (χ4v) is 1.44. The first-order valence-corrected chi connectivity index (χ1v) is 5.53. The maximum atomic E-state index is 12.8. The minimum Gasteiger partial charge on any atom is -0.466 e. The van der Waals surface area contributed by atoms with Gasteiger partial charge in [-0.05, 0) is 31.0 Å². The Morgan fingerprint density at radius 3 is 2.76 bits per heavy atom. The summed E-state index contributed by atoms with van der Waals surface area (Å²) in [6.45, 7) is 1.96. The van der Waals surface area contributed by atoms with E-state index in [2.05, 4.69) is 4.74 Å². The lowest BCUT2D eigenvalue weighted by atomic mass is 10.1. The summed E-state index contributed by atoms with van der Waals surface area (Å²) in [4.78, 5) is 22.4. The zero-order chi connectivity index (χ0) is 12.7. The van der Waals surface area contributed by atoms with Gasteiger partial charge in [-0.15, -0.1) is 0 Å². The molecule has 1 rings (SSSR count). The lowest BCUT2D eigenvalue weighted by Crippen LogP contribution is -2.11. The van der Waals surface area contributed by atoms with Gasteiger partial charge in [0.1, 0.15) is 18.0 Å². The number of Topliss-reactive ketones (excluding diaryl/α,β-unsaturated/α-hetero) is 1. The number of aryl methyl sites for hydroxylation is 1. The molecular formula is C13H15FO3. The van der Waals surface area contributed by atoms with Gasteiger partial charge in [0.25, 0.3) is 0 Å². The van der Waals surface area contributed by atoms with Gasteiger partial charge < -0.3 is 4.74 Å². The molecule has 0 aliphatic rings. The first-order valence-electron chi connectivity index (χ1n) is 5.53. The summed E-state index contributed by atoms with van der Waals surface area (Å²) in [6.07, 6.45) is 0.460. The second-order valence-electron chi connectivity index (χ2n) is 3.65. The number of esters is 1. The fourth-order valence-electron chi connectivity index (χ4n) is 1.44. The molecule has 0 bridgehead atoms. The van der Waals surface area contributed by atoms with Gasteiger partial charge in [-0.2, -0.15) is 0 Å². The molecule has 4 heteroatoms. The topological polar surface area (TPSA) is 43.4 Å². The largest absolute Gasteiger partial charge is 0.466 e. The van der Waals surface area contributed by atoms with Crippen molar-refractivity contribution in [2.45, 2.75) is 26.2 Å². The van der Waals surface area contributed by atoms with Crippen molar-refractivity contribution in [3.8, 4) is 0 Å². The van der Waals surface area contributed by atoms with Crippen molar-refractivity contribution < 1.29 is 18.7 Å². The van der Waals surface area contributed by atoms with Crippen molar-refractivity contribution >= 4 is 11.8 Å². The number of ketones is 1. The number of hydrogen-bond acceptors (Lipinski definition) is 3. The van der Waals surface area contributed by atoms with Crippen molar-refractivity contribution in [1.82, 2.24) is 0 Å². The summed E-state index contributed by atoms with van der Waals surface area (Å²) in [5, 5.41) is 0. The third kappa shape index (κ3) is 5.24. The Kier molecular flexibility index (Phi) is 5.33. The van der Waals surface area contributed by atoms with Crippen LogP contribution < -0.4 is 0 Å². The summed E-state index contributed by atoms with van der Waals surface area (Å²) < 4.78 is 17.5. The average Bonchev–Trinajstić information content (AvgIpc) is 2.27. The maximum absolute atomic E-state index is 12.8. The maximum Gasteiger partial charge on any atom is 0.313 e. The third-order valence-corrected chi connectivity index (χ3v) is 2.23. The predicted molar refractivity (Wildman–Crippen MR) is 61.0 cm³/mol. The van der Waals surface area contributed by atoms with Gasteiger partial charge in [-0.3, -0.25) is 9.59 Å². The SMILES string of the molecule is CCOC(=O)CC(=O)CCc1cccc(F)c1. The van der Waals surface area contributed by atoms with E-state index in [0.29, 0.717) is 6.42 Å². The molecule has 1 aromatic rings. The molecule has 0 aliphatic carbocycles. The molecule has 0 amide bonds. The van der Waals surface area contributed by atoms with Crippen LogP contribution in [0.1, 0.15) is 25.3 Å². The van der Waals surface area contributed by atoms with Crippen molar-refractivity contribution in [3.63, 3.8) is 0 Å². The van der Waals surface area contributed by atoms with E-state index in [-0.39, 0.29) is 31.0 Å². The molecule has 0 saturated carbocycles. The monoisotopic (exact) mass is 238 g/mol. The molecule has 0 heterocycles. The highest BCUT2D eigenvalue weighted by molar-refractivity contribution is 5.95. The highest BCUT2D eigenvalue weighted by atomic mass is 19.1. The minimum atomic E-state index is -0.503. The van der Waals surface area contributed by atoms with Gasteiger partial charge in [-0.25, -0.2) is 4.39 Å². The molecule has 3 nitrogen and oxygen atoms in total. The summed E-state index contributed by atoms with van der Waals surface area (Å²) >= 11 is 0. The first-order chi connectivity index (χ1) is 8.11. The lowest BCUT2D eigenvalue weighted by Gasteiger charge is -2.02. The molecular weight excluding hydrogens is 223 g/mol. The van der Waals surface area contributed by atoms with Crippen LogP contribution in [0, 0.1) is 5.82 Å². The van der Waals surface area contributed by atoms with E-state index in [1.807, 2.05) is 0 Å². The lowest BCUT2D eigenvalue weighted by molar-refractivity contribution is -0.145. The zero-order valence-corrected chi connectivity index (χ0v) is 9.74. The molecule has 0 saturated heterocycles. The van der Waals surface area contributed by atoms with Crippen molar-refractivity contribution in [2.75, 3.05) is 6.61 Å². The number of carbonyl (C=O) groups is 2. The molecule has 1 aromatic carbocycles. The van der Waals surface area contributed by atoms with Crippen LogP contribution in [0.3, 0.4) is 0 Å². The minimum absolute atomic E-state index is 0.187. The molecule has 0 N–H and O–H groups in total. The van der Waals surface area contributed by atoms with Crippen LogP contribution in [-0.4, -0.2) is 18.4 Å². The number of rotatable bonds is 6. The fraction of sp³-hybridized carbons (Fsp3) is 0.385. The van der Waals surface area contributed by atoms with Gasteiger partial charge >= 0.3 is 5.97 Å². The van der Waals surface area contributed by atoms with E-state index in [1.165, 1.54) is 12.1 Å². The van der Waals surface area contributed by atoms with Crippen molar-refractivity contribution in [2.24, 2.45) is 0 Å². The summed E-state index contributed by atoms with van der Waals surface area (Å²) in [5.41, 5.74) is 0.752. The molecule has 0 fully saturated rings. The van der Waals surface area contributed by atoms with E-state index in [0.717, 1.165) is 5.56 Å². The standard InChI is InChI=1S/C13H15FO3/c1-2-17-13(16)9-12(15)7-6-10-4-3-5-11(14)8-10/h3-5,8H,2,6-7,9H2,1H3. The van der Waals surface area contributed by atoms with E-state index >= 15 is 0 Å². The van der Waals surface area contributed by atoms with Gasteiger partial charge in [0.15, 0.2) is 0 Å². The second kappa shape index (κ2) is 6.78. The molecule has 0 radical (unpaired) electrons.